The van der Waals surface area contributed by atoms with Crippen LogP contribution in [-0.4, -0.2) is 29.9 Å². The molecule has 0 unspecified atom stereocenters. The van der Waals surface area contributed by atoms with Crippen molar-refractivity contribution < 1.29 is 9.47 Å². The van der Waals surface area contributed by atoms with Gasteiger partial charge in [-0.1, -0.05) is 6.07 Å². The number of fused-ring (bicyclic) bond motifs is 1. The molecule has 4 nitrogen and oxygen atoms in total. The van der Waals surface area contributed by atoms with E-state index >= 15 is 0 Å². The Labute approximate surface area is 113 Å². The molecule has 1 aromatic rings. The molecule has 0 amide bonds. The van der Waals surface area contributed by atoms with Crippen LogP contribution in [0.4, 0.5) is 0 Å². The van der Waals surface area contributed by atoms with Crippen molar-refractivity contribution in [1.82, 2.24) is 10.2 Å². The van der Waals surface area contributed by atoms with E-state index in [0.29, 0.717) is 12.8 Å². The van der Waals surface area contributed by atoms with Crippen molar-refractivity contribution in [2.24, 2.45) is 0 Å². The lowest BCUT2D eigenvalue weighted by molar-refractivity contribution is 0.174. The van der Waals surface area contributed by atoms with Crippen molar-refractivity contribution >= 4 is 17.3 Å². The summed E-state index contributed by atoms with van der Waals surface area (Å²) in [7, 11) is 1.97. The summed E-state index contributed by atoms with van der Waals surface area (Å²) < 4.78 is 10.6. The third-order valence-corrected chi connectivity index (χ3v) is 3.05. The lowest BCUT2D eigenvalue weighted by Gasteiger charge is -2.22. The smallest absolute Gasteiger partial charge is 0.231 e. The second-order valence-corrected chi connectivity index (χ2v) is 5.03. The van der Waals surface area contributed by atoms with E-state index in [1.165, 1.54) is 0 Å². The van der Waals surface area contributed by atoms with Gasteiger partial charge in [0.15, 0.2) is 16.6 Å². The van der Waals surface area contributed by atoms with Crippen LogP contribution in [0.5, 0.6) is 11.5 Å². The summed E-state index contributed by atoms with van der Waals surface area (Å²) >= 11 is 5.31. The van der Waals surface area contributed by atoms with Crippen molar-refractivity contribution in [3.63, 3.8) is 0 Å². The highest BCUT2D eigenvalue weighted by atomic mass is 32.1. The van der Waals surface area contributed by atoms with Gasteiger partial charge in [0.2, 0.25) is 6.79 Å². The molecule has 2 rings (SSSR count). The standard InChI is InChI=1S/C13H18N2O2S/c1-9(2)14-13(18)15(3)7-10-4-5-11-12(6-10)17-8-16-11/h4-6,9H,7-8H2,1-3H3,(H,14,18). The molecule has 0 saturated carbocycles. The Morgan fingerprint density at radius 3 is 2.83 bits per heavy atom. The minimum Gasteiger partial charge on any atom is -0.454 e. The molecule has 0 aliphatic carbocycles. The van der Waals surface area contributed by atoms with Gasteiger partial charge in [-0.2, -0.15) is 0 Å². The van der Waals surface area contributed by atoms with Gasteiger partial charge in [-0.25, -0.2) is 0 Å². The normalized spacial score (nSPS) is 12.7. The van der Waals surface area contributed by atoms with Gasteiger partial charge in [0.25, 0.3) is 0 Å². The highest BCUT2D eigenvalue weighted by Crippen LogP contribution is 2.32. The van der Waals surface area contributed by atoms with Gasteiger partial charge >= 0.3 is 0 Å². The van der Waals surface area contributed by atoms with E-state index in [1.54, 1.807) is 0 Å². The number of thiocarbonyl (C=S) groups is 1. The van der Waals surface area contributed by atoms with E-state index in [4.69, 9.17) is 21.7 Å². The molecular formula is C13H18N2O2S. The lowest BCUT2D eigenvalue weighted by atomic mass is 10.2. The maximum Gasteiger partial charge on any atom is 0.231 e. The van der Waals surface area contributed by atoms with E-state index in [-0.39, 0.29) is 0 Å². The van der Waals surface area contributed by atoms with Gasteiger partial charge in [-0.05, 0) is 43.8 Å². The first-order valence-corrected chi connectivity index (χ1v) is 6.37. The van der Waals surface area contributed by atoms with Gasteiger partial charge < -0.3 is 19.7 Å². The number of benzene rings is 1. The molecule has 5 heteroatoms. The molecule has 1 aliphatic rings. The topological polar surface area (TPSA) is 33.7 Å². The molecule has 0 fully saturated rings. The Morgan fingerprint density at radius 2 is 2.11 bits per heavy atom. The Kier molecular flexibility index (Phi) is 3.91. The second kappa shape index (κ2) is 5.44. The monoisotopic (exact) mass is 266 g/mol. The highest BCUT2D eigenvalue weighted by Gasteiger charge is 2.14. The zero-order chi connectivity index (χ0) is 13.1. The molecule has 0 bridgehead atoms. The molecule has 1 aromatic carbocycles. The Hall–Kier alpha value is -1.49. The summed E-state index contributed by atoms with van der Waals surface area (Å²) in [5.41, 5.74) is 1.15. The number of rotatable bonds is 3. The zero-order valence-corrected chi connectivity index (χ0v) is 11.7. The van der Waals surface area contributed by atoms with Crippen molar-refractivity contribution in [2.45, 2.75) is 26.4 Å². The molecule has 18 heavy (non-hydrogen) atoms. The predicted molar refractivity (Wildman–Crippen MR) is 74.9 cm³/mol. The fourth-order valence-electron chi connectivity index (χ4n) is 1.74. The molecule has 0 saturated heterocycles. The van der Waals surface area contributed by atoms with E-state index in [1.807, 2.05) is 30.1 Å². The van der Waals surface area contributed by atoms with Crippen molar-refractivity contribution in [3.05, 3.63) is 23.8 Å². The Morgan fingerprint density at radius 1 is 1.39 bits per heavy atom. The average Bonchev–Trinajstić information content (AvgIpc) is 2.75. The van der Waals surface area contributed by atoms with Gasteiger partial charge in [0.1, 0.15) is 0 Å². The van der Waals surface area contributed by atoms with Crippen molar-refractivity contribution in [1.29, 1.82) is 0 Å². The van der Waals surface area contributed by atoms with E-state index < -0.39 is 0 Å². The van der Waals surface area contributed by atoms with Crippen LogP contribution in [0.3, 0.4) is 0 Å². The quantitative estimate of drug-likeness (QED) is 0.848. The molecule has 0 aromatic heterocycles. The molecule has 1 N–H and O–H groups in total. The number of hydrogen-bond donors (Lipinski definition) is 1. The van der Waals surface area contributed by atoms with Crippen LogP contribution in [0.15, 0.2) is 18.2 Å². The van der Waals surface area contributed by atoms with E-state index in [2.05, 4.69) is 19.2 Å². The summed E-state index contributed by atoms with van der Waals surface area (Å²) in [4.78, 5) is 2.01. The third kappa shape index (κ3) is 3.04. The largest absolute Gasteiger partial charge is 0.454 e. The summed E-state index contributed by atoms with van der Waals surface area (Å²) in [5, 5.41) is 3.97. The molecule has 1 heterocycles. The van der Waals surface area contributed by atoms with Gasteiger partial charge in [0, 0.05) is 19.6 Å². The second-order valence-electron chi connectivity index (χ2n) is 4.65. The summed E-state index contributed by atoms with van der Waals surface area (Å²) in [5.74, 6) is 1.62. The number of ether oxygens (including phenoxy) is 2. The van der Waals surface area contributed by atoms with Crippen LogP contribution < -0.4 is 14.8 Å². The van der Waals surface area contributed by atoms with Crippen LogP contribution in [0.25, 0.3) is 0 Å². The van der Waals surface area contributed by atoms with Crippen molar-refractivity contribution in [2.75, 3.05) is 13.8 Å². The van der Waals surface area contributed by atoms with Crippen LogP contribution >= 0.6 is 12.2 Å². The van der Waals surface area contributed by atoms with Crippen LogP contribution in [0.2, 0.25) is 0 Å². The van der Waals surface area contributed by atoms with Gasteiger partial charge in [-0.15, -0.1) is 0 Å². The minimum absolute atomic E-state index is 0.307. The minimum atomic E-state index is 0.307. The highest BCUT2D eigenvalue weighted by molar-refractivity contribution is 7.80. The molecule has 0 radical (unpaired) electrons. The van der Waals surface area contributed by atoms with Gasteiger partial charge in [0.05, 0.1) is 0 Å². The van der Waals surface area contributed by atoms with E-state index in [0.717, 1.165) is 28.7 Å². The Balaban J connectivity index is 1.99. The first-order chi connectivity index (χ1) is 8.56. The molecular weight excluding hydrogens is 248 g/mol. The number of hydrogen-bond acceptors (Lipinski definition) is 3. The third-order valence-electron chi connectivity index (χ3n) is 2.62. The predicted octanol–water partition coefficient (Wildman–Crippen LogP) is 2.13. The molecule has 1 aliphatic heterocycles. The first-order valence-electron chi connectivity index (χ1n) is 5.96. The average molecular weight is 266 g/mol. The fourth-order valence-corrected chi connectivity index (χ4v) is 2.04. The van der Waals surface area contributed by atoms with Crippen molar-refractivity contribution in [3.8, 4) is 11.5 Å². The zero-order valence-electron chi connectivity index (χ0n) is 10.9. The fraction of sp³-hybridized carbons (Fsp3) is 0.462. The van der Waals surface area contributed by atoms with Gasteiger partial charge in [-0.3, -0.25) is 0 Å². The summed E-state index contributed by atoms with van der Waals surface area (Å²) in [6.07, 6.45) is 0. The number of nitrogens with one attached hydrogen (secondary N) is 1. The summed E-state index contributed by atoms with van der Waals surface area (Å²) in [6.45, 7) is 5.19. The maximum atomic E-state index is 5.36. The maximum absolute atomic E-state index is 5.36. The first kappa shape index (κ1) is 13.0. The number of nitrogens with zero attached hydrogens (tertiary/aromatic N) is 1. The van der Waals surface area contributed by atoms with E-state index in [9.17, 15) is 0 Å². The molecule has 0 spiro atoms. The van der Waals surface area contributed by atoms with Crippen LogP contribution in [0.1, 0.15) is 19.4 Å². The molecule has 98 valence electrons. The van der Waals surface area contributed by atoms with Crippen LogP contribution in [-0.2, 0) is 6.54 Å². The summed E-state index contributed by atoms with van der Waals surface area (Å²) in [6, 6.07) is 6.31. The molecule has 0 atom stereocenters. The SMILES string of the molecule is CC(C)NC(=S)N(C)Cc1ccc2c(c1)OCO2. The van der Waals surface area contributed by atoms with Crippen LogP contribution in [0, 0.1) is 0 Å². The Bertz CT molecular complexity index is 449. The lowest BCUT2D eigenvalue weighted by Crippen LogP contribution is -2.40.